The zero-order valence-corrected chi connectivity index (χ0v) is 18.9. The SMILES string of the molecule is O=CN(O)CC(CC1CCCC1)C(=O)NCNC(=O)c1cccc(-c2cccc(OCF)c2)c1. The topological polar surface area (TPSA) is 108 Å². The monoisotopic (exact) mass is 471 g/mol. The van der Waals surface area contributed by atoms with Crippen LogP contribution < -0.4 is 15.4 Å². The van der Waals surface area contributed by atoms with Crippen LogP contribution in [0, 0.1) is 11.8 Å². The summed E-state index contributed by atoms with van der Waals surface area (Å²) in [7, 11) is 0. The van der Waals surface area contributed by atoms with Crippen LogP contribution in [0.1, 0.15) is 42.5 Å². The first-order valence-electron chi connectivity index (χ1n) is 11.4. The fraction of sp³-hybridized carbons (Fsp3) is 0.400. The first kappa shape index (κ1) is 25.2. The van der Waals surface area contributed by atoms with Gasteiger partial charge in [0.25, 0.3) is 5.91 Å². The lowest BCUT2D eigenvalue weighted by Gasteiger charge is -2.22. The maximum Gasteiger partial charge on any atom is 0.252 e. The van der Waals surface area contributed by atoms with Crippen LogP contribution in [0.5, 0.6) is 5.75 Å². The van der Waals surface area contributed by atoms with E-state index < -0.39 is 12.8 Å². The molecule has 1 aliphatic carbocycles. The standard InChI is InChI=1S/C25H30FN3O5/c26-15-34-23-10-4-8-20(13-23)19-7-3-9-21(12-19)24(31)27-16-28-25(32)22(14-29(33)17-30)11-18-5-1-2-6-18/h3-4,7-10,12-13,17-18,22,33H,1-2,5-6,11,14-16H2,(H,27,31)(H,28,32). The van der Waals surface area contributed by atoms with Crippen LogP contribution in [0.25, 0.3) is 11.1 Å². The molecular formula is C25H30FN3O5. The molecule has 0 bridgehead atoms. The molecule has 3 N–H and O–H groups in total. The maximum atomic E-state index is 12.7. The van der Waals surface area contributed by atoms with Crippen LogP contribution in [-0.4, -0.2) is 48.6 Å². The highest BCUT2D eigenvalue weighted by atomic mass is 19.1. The van der Waals surface area contributed by atoms with Gasteiger partial charge in [-0.25, -0.2) is 9.45 Å². The quantitative estimate of drug-likeness (QED) is 0.190. The Morgan fingerprint density at radius 3 is 2.53 bits per heavy atom. The number of halogens is 1. The first-order valence-corrected chi connectivity index (χ1v) is 11.4. The van der Waals surface area contributed by atoms with Crippen molar-refractivity contribution in [1.82, 2.24) is 15.7 Å². The number of hydrogen-bond acceptors (Lipinski definition) is 5. The van der Waals surface area contributed by atoms with Crippen LogP contribution in [0.4, 0.5) is 4.39 Å². The third kappa shape index (κ3) is 7.28. The Bertz CT molecular complexity index is 981. The molecule has 8 nitrogen and oxygen atoms in total. The summed E-state index contributed by atoms with van der Waals surface area (Å²) in [6.07, 6.45) is 5.18. The summed E-state index contributed by atoms with van der Waals surface area (Å²) >= 11 is 0. The second kappa shape index (κ2) is 12.7. The molecule has 34 heavy (non-hydrogen) atoms. The molecule has 0 aromatic heterocycles. The zero-order valence-electron chi connectivity index (χ0n) is 18.9. The van der Waals surface area contributed by atoms with Crippen molar-refractivity contribution in [3.8, 4) is 16.9 Å². The lowest BCUT2D eigenvalue weighted by Crippen LogP contribution is -2.43. The number of hydroxylamine groups is 2. The Labute approximate surface area is 198 Å². The van der Waals surface area contributed by atoms with E-state index in [-0.39, 0.29) is 31.4 Å². The van der Waals surface area contributed by atoms with E-state index in [1.165, 1.54) is 0 Å². The lowest BCUT2D eigenvalue weighted by molar-refractivity contribution is -0.155. The molecular weight excluding hydrogens is 441 g/mol. The normalized spacial score (nSPS) is 14.3. The second-order valence-corrected chi connectivity index (χ2v) is 8.40. The van der Waals surface area contributed by atoms with Gasteiger partial charge >= 0.3 is 0 Å². The highest BCUT2D eigenvalue weighted by molar-refractivity contribution is 5.95. The average Bonchev–Trinajstić information content (AvgIpc) is 3.37. The van der Waals surface area contributed by atoms with Crippen molar-refractivity contribution >= 4 is 18.2 Å². The summed E-state index contributed by atoms with van der Waals surface area (Å²) in [5, 5.41) is 15.4. The van der Waals surface area contributed by atoms with E-state index in [0.717, 1.165) is 36.8 Å². The van der Waals surface area contributed by atoms with E-state index in [9.17, 15) is 24.0 Å². The van der Waals surface area contributed by atoms with Gasteiger partial charge in [-0.3, -0.25) is 19.6 Å². The van der Waals surface area contributed by atoms with Gasteiger partial charge in [-0.05, 0) is 47.7 Å². The van der Waals surface area contributed by atoms with Gasteiger partial charge in [0.2, 0.25) is 19.2 Å². The van der Waals surface area contributed by atoms with Crippen molar-refractivity contribution in [2.45, 2.75) is 32.1 Å². The summed E-state index contributed by atoms with van der Waals surface area (Å²) in [5.41, 5.74) is 1.93. The van der Waals surface area contributed by atoms with Gasteiger partial charge in [-0.15, -0.1) is 0 Å². The minimum absolute atomic E-state index is 0.0879. The molecule has 3 amide bonds. The van der Waals surface area contributed by atoms with Gasteiger partial charge < -0.3 is 15.4 Å². The van der Waals surface area contributed by atoms with Crippen LogP contribution in [-0.2, 0) is 9.59 Å². The number of nitrogens with one attached hydrogen (secondary N) is 2. The van der Waals surface area contributed by atoms with Crippen molar-refractivity contribution in [3.63, 3.8) is 0 Å². The number of nitrogens with zero attached hydrogens (tertiary/aromatic N) is 1. The molecule has 1 fully saturated rings. The predicted octanol–water partition coefficient (Wildman–Crippen LogP) is 3.51. The fourth-order valence-electron chi connectivity index (χ4n) is 4.31. The molecule has 0 radical (unpaired) electrons. The average molecular weight is 472 g/mol. The van der Waals surface area contributed by atoms with Gasteiger partial charge in [-0.2, -0.15) is 0 Å². The van der Waals surface area contributed by atoms with E-state index in [2.05, 4.69) is 10.6 Å². The summed E-state index contributed by atoms with van der Waals surface area (Å²) in [4.78, 5) is 36.1. The molecule has 182 valence electrons. The summed E-state index contributed by atoms with van der Waals surface area (Å²) in [6, 6.07) is 13.8. The summed E-state index contributed by atoms with van der Waals surface area (Å²) in [5.74, 6) is -0.478. The van der Waals surface area contributed by atoms with Gasteiger partial charge in [0.15, 0.2) is 0 Å². The molecule has 2 aromatic rings. The highest BCUT2D eigenvalue weighted by Crippen LogP contribution is 2.30. The van der Waals surface area contributed by atoms with E-state index in [1.54, 1.807) is 36.4 Å². The molecule has 0 aliphatic heterocycles. The number of benzene rings is 2. The predicted molar refractivity (Wildman–Crippen MR) is 124 cm³/mol. The Hall–Kier alpha value is -3.46. The second-order valence-electron chi connectivity index (χ2n) is 8.40. The minimum Gasteiger partial charge on any atom is -0.463 e. The maximum absolute atomic E-state index is 12.7. The Morgan fingerprint density at radius 2 is 1.82 bits per heavy atom. The van der Waals surface area contributed by atoms with E-state index in [4.69, 9.17) is 4.74 Å². The van der Waals surface area contributed by atoms with Crippen molar-refractivity contribution in [2.24, 2.45) is 11.8 Å². The first-order chi connectivity index (χ1) is 16.5. The number of carbonyl (C=O) groups excluding carboxylic acids is 3. The minimum atomic E-state index is -0.926. The van der Waals surface area contributed by atoms with E-state index in [0.29, 0.717) is 28.7 Å². The molecule has 0 saturated heterocycles. The molecule has 1 unspecified atom stereocenters. The smallest absolute Gasteiger partial charge is 0.252 e. The van der Waals surface area contributed by atoms with Gasteiger partial charge in [-0.1, -0.05) is 49.9 Å². The van der Waals surface area contributed by atoms with Crippen LogP contribution in [0.2, 0.25) is 0 Å². The molecule has 1 saturated carbocycles. The molecule has 0 heterocycles. The molecule has 2 aromatic carbocycles. The zero-order chi connectivity index (χ0) is 24.3. The summed E-state index contributed by atoms with van der Waals surface area (Å²) in [6.45, 7) is -1.10. The van der Waals surface area contributed by atoms with Crippen LogP contribution >= 0.6 is 0 Å². The Balaban J connectivity index is 1.57. The van der Waals surface area contributed by atoms with Crippen molar-refractivity contribution in [1.29, 1.82) is 0 Å². The van der Waals surface area contributed by atoms with E-state index >= 15 is 0 Å². The third-order valence-electron chi connectivity index (χ3n) is 6.02. The molecule has 9 heteroatoms. The number of alkyl halides is 1. The largest absolute Gasteiger partial charge is 0.463 e. The van der Waals surface area contributed by atoms with Crippen molar-refractivity contribution < 1.29 is 28.7 Å². The number of amides is 3. The highest BCUT2D eigenvalue weighted by Gasteiger charge is 2.26. The molecule has 3 rings (SSSR count). The van der Waals surface area contributed by atoms with Gasteiger partial charge in [0, 0.05) is 5.56 Å². The van der Waals surface area contributed by atoms with Gasteiger partial charge in [0.1, 0.15) is 5.75 Å². The number of carbonyl (C=O) groups is 3. The molecule has 1 aliphatic rings. The Kier molecular flexibility index (Phi) is 9.40. The number of rotatable bonds is 12. The molecule has 1 atom stereocenters. The van der Waals surface area contributed by atoms with Crippen LogP contribution in [0.3, 0.4) is 0 Å². The Morgan fingerprint density at radius 1 is 1.12 bits per heavy atom. The van der Waals surface area contributed by atoms with Gasteiger partial charge in [0.05, 0.1) is 19.1 Å². The molecule has 0 spiro atoms. The van der Waals surface area contributed by atoms with Crippen molar-refractivity contribution in [3.05, 3.63) is 54.1 Å². The van der Waals surface area contributed by atoms with Crippen molar-refractivity contribution in [2.75, 3.05) is 20.1 Å². The van der Waals surface area contributed by atoms with E-state index in [1.807, 2.05) is 12.1 Å². The summed E-state index contributed by atoms with van der Waals surface area (Å²) < 4.78 is 17.3. The lowest BCUT2D eigenvalue weighted by atomic mass is 9.92. The third-order valence-corrected chi connectivity index (χ3v) is 6.02. The fourth-order valence-corrected chi connectivity index (χ4v) is 4.31. The number of ether oxygens (including phenoxy) is 1. The van der Waals surface area contributed by atoms with Crippen LogP contribution in [0.15, 0.2) is 48.5 Å². The number of hydrogen-bond donors (Lipinski definition) is 3.